The lowest BCUT2D eigenvalue weighted by Crippen LogP contribution is -2.21. The molecule has 2 aromatic rings. The van der Waals surface area contributed by atoms with Crippen molar-refractivity contribution in [1.82, 2.24) is 15.3 Å². The molecule has 0 aromatic carbocycles. The largest absolute Gasteiger partial charge is 0.310 e. The maximum absolute atomic E-state index is 4.55. The van der Waals surface area contributed by atoms with E-state index in [2.05, 4.69) is 58.1 Å². The minimum absolute atomic E-state index is 0.480. The SMILES string of the molecule is Cc1cc(CNC(C)C)cnc1Sc1ncccc1Br. The Morgan fingerprint density at radius 2 is 2.10 bits per heavy atom. The first-order valence-corrected chi connectivity index (χ1v) is 8.14. The maximum Gasteiger partial charge on any atom is 0.116 e. The minimum Gasteiger partial charge on any atom is -0.310 e. The van der Waals surface area contributed by atoms with Gasteiger partial charge in [0.15, 0.2) is 0 Å². The zero-order valence-electron chi connectivity index (χ0n) is 11.9. The monoisotopic (exact) mass is 351 g/mol. The van der Waals surface area contributed by atoms with Gasteiger partial charge in [0.2, 0.25) is 0 Å². The summed E-state index contributed by atoms with van der Waals surface area (Å²) < 4.78 is 0.997. The van der Waals surface area contributed by atoms with Gasteiger partial charge in [0.1, 0.15) is 10.1 Å². The first-order valence-electron chi connectivity index (χ1n) is 6.53. The zero-order chi connectivity index (χ0) is 14.5. The quantitative estimate of drug-likeness (QED) is 0.875. The van der Waals surface area contributed by atoms with Crippen molar-refractivity contribution in [1.29, 1.82) is 0 Å². The van der Waals surface area contributed by atoms with Crippen molar-refractivity contribution in [2.75, 3.05) is 0 Å². The number of hydrogen-bond acceptors (Lipinski definition) is 4. The fourth-order valence-corrected chi connectivity index (χ4v) is 2.97. The Balaban J connectivity index is 2.12. The molecule has 2 heterocycles. The van der Waals surface area contributed by atoms with Gasteiger partial charge in [-0.2, -0.15) is 0 Å². The molecule has 106 valence electrons. The summed E-state index contributed by atoms with van der Waals surface area (Å²) in [5.41, 5.74) is 2.39. The van der Waals surface area contributed by atoms with Crippen LogP contribution in [0.15, 0.2) is 45.1 Å². The van der Waals surface area contributed by atoms with Gasteiger partial charge < -0.3 is 5.32 Å². The third-order valence-electron chi connectivity index (χ3n) is 2.72. The highest BCUT2D eigenvalue weighted by Gasteiger charge is 2.08. The van der Waals surface area contributed by atoms with Crippen molar-refractivity contribution >= 4 is 27.7 Å². The lowest BCUT2D eigenvalue weighted by atomic mass is 10.2. The fraction of sp³-hybridized carbons (Fsp3) is 0.333. The van der Waals surface area contributed by atoms with E-state index >= 15 is 0 Å². The third-order valence-corrected chi connectivity index (χ3v) is 4.76. The number of hydrogen-bond donors (Lipinski definition) is 1. The molecule has 1 N–H and O–H groups in total. The summed E-state index contributed by atoms with van der Waals surface area (Å²) in [5, 5.41) is 5.34. The molecule has 3 nitrogen and oxygen atoms in total. The second-order valence-corrected chi connectivity index (χ2v) is 6.73. The summed E-state index contributed by atoms with van der Waals surface area (Å²) in [6.45, 7) is 7.22. The molecule has 0 aliphatic rings. The number of halogens is 1. The minimum atomic E-state index is 0.480. The van der Waals surface area contributed by atoms with E-state index in [1.807, 2.05) is 18.3 Å². The predicted molar refractivity (Wildman–Crippen MR) is 87.0 cm³/mol. The Labute approximate surface area is 132 Å². The van der Waals surface area contributed by atoms with Gasteiger partial charge in [-0.25, -0.2) is 9.97 Å². The molecule has 0 atom stereocenters. The van der Waals surface area contributed by atoms with Gasteiger partial charge in [0, 0.05) is 25.0 Å². The topological polar surface area (TPSA) is 37.8 Å². The highest BCUT2D eigenvalue weighted by molar-refractivity contribution is 9.10. The predicted octanol–water partition coefficient (Wildman–Crippen LogP) is 4.20. The average molecular weight is 352 g/mol. The van der Waals surface area contributed by atoms with Crippen molar-refractivity contribution in [3.05, 3.63) is 46.2 Å². The van der Waals surface area contributed by atoms with E-state index in [-0.39, 0.29) is 0 Å². The molecular weight excluding hydrogens is 334 g/mol. The van der Waals surface area contributed by atoms with E-state index in [1.165, 1.54) is 11.1 Å². The van der Waals surface area contributed by atoms with Crippen LogP contribution >= 0.6 is 27.7 Å². The molecular formula is C15H18BrN3S. The van der Waals surface area contributed by atoms with E-state index in [0.29, 0.717) is 6.04 Å². The van der Waals surface area contributed by atoms with E-state index < -0.39 is 0 Å². The lowest BCUT2D eigenvalue weighted by Gasteiger charge is -2.10. The van der Waals surface area contributed by atoms with Crippen LogP contribution in [0, 0.1) is 6.92 Å². The number of nitrogens with one attached hydrogen (secondary N) is 1. The third kappa shape index (κ3) is 4.30. The average Bonchev–Trinajstić information content (AvgIpc) is 2.41. The van der Waals surface area contributed by atoms with Crippen LogP contribution in [0.3, 0.4) is 0 Å². The van der Waals surface area contributed by atoms with Crippen LogP contribution < -0.4 is 5.32 Å². The van der Waals surface area contributed by atoms with Crippen molar-refractivity contribution in [2.45, 2.75) is 43.4 Å². The van der Waals surface area contributed by atoms with Gasteiger partial charge in [0.05, 0.1) is 4.47 Å². The number of pyridine rings is 2. The maximum atomic E-state index is 4.55. The van der Waals surface area contributed by atoms with Crippen molar-refractivity contribution in [2.24, 2.45) is 0 Å². The fourth-order valence-electron chi connectivity index (χ4n) is 1.68. The lowest BCUT2D eigenvalue weighted by molar-refractivity contribution is 0.587. The summed E-state index contributed by atoms with van der Waals surface area (Å²) in [6.07, 6.45) is 3.73. The molecule has 0 saturated heterocycles. The van der Waals surface area contributed by atoms with Gasteiger partial charge in [-0.15, -0.1) is 0 Å². The molecule has 0 amide bonds. The first-order chi connectivity index (χ1) is 9.56. The van der Waals surface area contributed by atoms with Crippen LogP contribution in [-0.2, 0) is 6.54 Å². The van der Waals surface area contributed by atoms with E-state index in [0.717, 1.165) is 21.1 Å². The molecule has 20 heavy (non-hydrogen) atoms. The van der Waals surface area contributed by atoms with E-state index in [9.17, 15) is 0 Å². The molecule has 2 aromatic heterocycles. The Morgan fingerprint density at radius 1 is 1.30 bits per heavy atom. The molecule has 2 rings (SSSR count). The Hall–Kier alpha value is -0.910. The van der Waals surface area contributed by atoms with Crippen molar-refractivity contribution in [3.8, 4) is 0 Å². The standard InChI is InChI=1S/C15H18BrN3S/c1-10(2)18-8-12-7-11(3)14(19-9-12)20-15-13(16)5-4-6-17-15/h4-7,9-10,18H,8H2,1-3H3. The Kier molecular flexibility index (Phi) is 5.57. The summed E-state index contributed by atoms with van der Waals surface area (Å²) in [7, 11) is 0. The molecule has 5 heteroatoms. The van der Waals surface area contributed by atoms with Crippen LogP contribution in [0.25, 0.3) is 0 Å². The molecule has 0 aliphatic heterocycles. The first kappa shape index (κ1) is 15.5. The second-order valence-electron chi connectivity index (χ2n) is 4.89. The molecule has 0 saturated carbocycles. The summed E-state index contributed by atoms with van der Waals surface area (Å²) in [4.78, 5) is 8.92. The van der Waals surface area contributed by atoms with Gasteiger partial charge in [0.25, 0.3) is 0 Å². The molecule has 0 aliphatic carbocycles. The molecule has 0 unspecified atom stereocenters. The summed E-state index contributed by atoms with van der Waals surface area (Å²) in [5.74, 6) is 0. The normalized spacial score (nSPS) is 11.1. The molecule has 0 radical (unpaired) electrons. The van der Waals surface area contributed by atoms with Crippen LogP contribution in [0.2, 0.25) is 0 Å². The second kappa shape index (κ2) is 7.20. The number of aryl methyl sites for hydroxylation is 1. The zero-order valence-corrected chi connectivity index (χ0v) is 14.3. The van der Waals surface area contributed by atoms with Crippen LogP contribution in [0.5, 0.6) is 0 Å². The molecule has 0 fully saturated rings. The highest BCUT2D eigenvalue weighted by Crippen LogP contribution is 2.32. The van der Waals surface area contributed by atoms with Gasteiger partial charge >= 0.3 is 0 Å². The smallest absolute Gasteiger partial charge is 0.116 e. The van der Waals surface area contributed by atoms with Gasteiger partial charge in [-0.3, -0.25) is 0 Å². The van der Waals surface area contributed by atoms with Crippen LogP contribution in [-0.4, -0.2) is 16.0 Å². The number of nitrogens with zero attached hydrogens (tertiary/aromatic N) is 2. The molecule has 0 spiro atoms. The van der Waals surface area contributed by atoms with Gasteiger partial charge in [-0.05, 0) is 57.9 Å². The Morgan fingerprint density at radius 3 is 2.75 bits per heavy atom. The highest BCUT2D eigenvalue weighted by atomic mass is 79.9. The molecule has 0 bridgehead atoms. The van der Waals surface area contributed by atoms with Crippen molar-refractivity contribution < 1.29 is 0 Å². The number of rotatable bonds is 5. The van der Waals surface area contributed by atoms with Crippen LogP contribution in [0.4, 0.5) is 0 Å². The van der Waals surface area contributed by atoms with Crippen LogP contribution in [0.1, 0.15) is 25.0 Å². The van der Waals surface area contributed by atoms with E-state index in [4.69, 9.17) is 0 Å². The van der Waals surface area contributed by atoms with Crippen molar-refractivity contribution in [3.63, 3.8) is 0 Å². The van der Waals surface area contributed by atoms with E-state index in [1.54, 1.807) is 18.0 Å². The summed E-state index contributed by atoms with van der Waals surface area (Å²) in [6, 6.07) is 6.57. The Bertz CT molecular complexity index is 587. The summed E-state index contributed by atoms with van der Waals surface area (Å²) >= 11 is 5.10. The number of aromatic nitrogens is 2. The van der Waals surface area contributed by atoms with Gasteiger partial charge in [-0.1, -0.05) is 19.9 Å².